The minimum Gasteiger partial charge on any atom is -0.366 e. The van der Waals surface area contributed by atoms with Gasteiger partial charge in [0.1, 0.15) is 12.1 Å². The van der Waals surface area contributed by atoms with Crippen molar-refractivity contribution in [1.29, 1.82) is 0 Å². The molecule has 6 nitrogen and oxygen atoms in total. The number of nitrogens with zero attached hydrogens (tertiary/aromatic N) is 2. The summed E-state index contributed by atoms with van der Waals surface area (Å²) < 4.78 is 0. The Morgan fingerprint density at radius 2 is 1.82 bits per heavy atom. The van der Waals surface area contributed by atoms with Gasteiger partial charge >= 0.3 is 0 Å². The topological polar surface area (TPSA) is 98.0 Å². The number of allylic oxidation sites excluding steroid dienone is 1. The molecule has 0 atom stereocenters. The van der Waals surface area contributed by atoms with Gasteiger partial charge in [0, 0.05) is 23.9 Å². The number of primary amides is 1. The number of fused-ring (bicyclic) bond motifs is 2. The van der Waals surface area contributed by atoms with E-state index in [1.54, 1.807) is 12.1 Å². The highest BCUT2D eigenvalue weighted by molar-refractivity contribution is 6.06. The molecule has 162 valence electrons. The van der Waals surface area contributed by atoms with Gasteiger partial charge in [-0.3, -0.25) is 9.59 Å². The summed E-state index contributed by atoms with van der Waals surface area (Å²) in [6, 6.07) is 19.1. The number of rotatable bonds is 7. The Hall–Kier alpha value is -4.32. The summed E-state index contributed by atoms with van der Waals surface area (Å²) in [6.45, 7) is 0.512. The average molecular weight is 434 g/mol. The van der Waals surface area contributed by atoms with E-state index in [0.29, 0.717) is 29.9 Å². The molecular weight excluding hydrogens is 412 g/mol. The molecule has 0 bridgehead atoms. The van der Waals surface area contributed by atoms with E-state index in [4.69, 9.17) is 5.73 Å². The van der Waals surface area contributed by atoms with Crippen LogP contribution in [0.5, 0.6) is 0 Å². The van der Waals surface area contributed by atoms with Gasteiger partial charge in [0.15, 0.2) is 5.78 Å². The number of amides is 1. The van der Waals surface area contributed by atoms with E-state index in [1.165, 1.54) is 11.9 Å². The monoisotopic (exact) mass is 434 g/mol. The van der Waals surface area contributed by atoms with Gasteiger partial charge < -0.3 is 11.1 Å². The van der Waals surface area contributed by atoms with Crippen molar-refractivity contribution < 1.29 is 9.59 Å². The lowest BCUT2D eigenvalue weighted by molar-refractivity contribution is 0.0988. The number of para-hydroxylation sites is 1. The van der Waals surface area contributed by atoms with Crippen LogP contribution in [0.25, 0.3) is 17.0 Å². The number of anilines is 1. The van der Waals surface area contributed by atoms with Crippen molar-refractivity contribution in [3.05, 3.63) is 106 Å². The highest BCUT2D eigenvalue weighted by atomic mass is 16.1. The SMILES string of the molecule is NC(=O)c1cccc2c(NCc3cccc(CC(=O)c4ccc5c(c4)C=CC5)c3)ncnc12. The number of Topliss-reactive ketones (excluding diaryl/α,β-unsaturated/α-hetero) is 1. The molecule has 1 amide bonds. The second-order valence-corrected chi connectivity index (χ2v) is 8.08. The molecule has 33 heavy (non-hydrogen) atoms. The van der Waals surface area contributed by atoms with E-state index in [0.717, 1.165) is 34.1 Å². The summed E-state index contributed by atoms with van der Waals surface area (Å²) in [5, 5.41) is 4.04. The lowest BCUT2D eigenvalue weighted by atomic mass is 9.98. The van der Waals surface area contributed by atoms with Crippen molar-refractivity contribution in [2.75, 3.05) is 5.32 Å². The van der Waals surface area contributed by atoms with Crippen LogP contribution in [0.3, 0.4) is 0 Å². The summed E-state index contributed by atoms with van der Waals surface area (Å²) in [5.41, 5.74) is 11.5. The van der Waals surface area contributed by atoms with Gasteiger partial charge in [-0.2, -0.15) is 0 Å². The summed E-state index contributed by atoms with van der Waals surface area (Å²) in [7, 11) is 0. The molecule has 0 saturated carbocycles. The first-order valence-corrected chi connectivity index (χ1v) is 10.8. The standard InChI is InChI=1S/C27H22N4O2/c28-26(33)22-8-3-9-23-25(22)30-16-31-27(23)29-15-18-5-1-4-17(12-18)13-24(32)21-11-10-19-6-2-7-20(19)14-21/h1-5,7-12,14,16H,6,13,15H2,(H2,28,33)(H,29,30,31). The van der Waals surface area contributed by atoms with Crippen LogP contribution in [0.1, 0.15) is 43.0 Å². The van der Waals surface area contributed by atoms with Crippen molar-refractivity contribution in [2.45, 2.75) is 19.4 Å². The number of carbonyl (C=O) groups is 2. The molecule has 0 unspecified atom stereocenters. The molecule has 0 saturated heterocycles. The highest BCUT2D eigenvalue weighted by Gasteiger charge is 2.13. The number of carbonyl (C=O) groups excluding carboxylic acids is 2. The Labute approximate surface area is 191 Å². The number of ketones is 1. The summed E-state index contributed by atoms with van der Waals surface area (Å²) in [6.07, 6.45) is 6.88. The molecule has 0 spiro atoms. The second-order valence-electron chi connectivity index (χ2n) is 8.08. The maximum absolute atomic E-state index is 12.8. The lowest BCUT2D eigenvalue weighted by Crippen LogP contribution is -2.12. The molecule has 0 radical (unpaired) electrons. The number of hydrogen-bond donors (Lipinski definition) is 2. The Kier molecular flexibility index (Phi) is 5.40. The van der Waals surface area contributed by atoms with Crippen LogP contribution >= 0.6 is 0 Å². The van der Waals surface area contributed by atoms with E-state index in [9.17, 15) is 9.59 Å². The number of nitrogens with two attached hydrogens (primary N) is 1. The van der Waals surface area contributed by atoms with E-state index < -0.39 is 5.91 Å². The van der Waals surface area contributed by atoms with Crippen LogP contribution in [0, 0.1) is 0 Å². The van der Waals surface area contributed by atoms with Gasteiger partial charge in [-0.1, -0.05) is 54.6 Å². The molecule has 1 aromatic heterocycles. The van der Waals surface area contributed by atoms with Gasteiger partial charge in [0.25, 0.3) is 5.91 Å². The highest BCUT2D eigenvalue weighted by Crippen LogP contribution is 2.24. The Bertz CT molecular complexity index is 1430. The quantitative estimate of drug-likeness (QED) is 0.422. The van der Waals surface area contributed by atoms with Crippen molar-refractivity contribution in [1.82, 2.24) is 9.97 Å². The van der Waals surface area contributed by atoms with E-state index in [1.807, 2.05) is 48.5 Å². The van der Waals surface area contributed by atoms with Crippen LogP contribution in [-0.4, -0.2) is 21.7 Å². The predicted molar refractivity (Wildman–Crippen MR) is 129 cm³/mol. The number of nitrogens with one attached hydrogen (secondary N) is 1. The minimum absolute atomic E-state index is 0.101. The fourth-order valence-electron chi connectivity index (χ4n) is 4.17. The van der Waals surface area contributed by atoms with Gasteiger partial charge in [0.2, 0.25) is 0 Å². The number of benzene rings is 3. The minimum atomic E-state index is -0.526. The zero-order valence-electron chi connectivity index (χ0n) is 17.9. The zero-order chi connectivity index (χ0) is 22.8. The largest absolute Gasteiger partial charge is 0.366 e. The average Bonchev–Trinajstić information content (AvgIpc) is 3.30. The van der Waals surface area contributed by atoms with E-state index in [-0.39, 0.29) is 5.78 Å². The van der Waals surface area contributed by atoms with Gasteiger partial charge in [-0.25, -0.2) is 9.97 Å². The van der Waals surface area contributed by atoms with Crippen LogP contribution < -0.4 is 11.1 Å². The van der Waals surface area contributed by atoms with Crippen LogP contribution in [-0.2, 0) is 19.4 Å². The fourth-order valence-corrected chi connectivity index (χ4v) is 4.17. The molecule has 0 aliphatic heterocycles. The molecule has 3 aromatic carbocycles. The number of hydrogen-bond acceptors (Lipinski definition) is 5. The van der Waals surface area contributed by atoms with Crippen molar-refractivity contribution in [3.8, 4) is 0 Å². The van der Waals surface area contributed by atoms with Crippen LogP contribution in [0.2, 0.25) is 0 Å². The van der Waals surface area contributed by atoms with Crippen molar-refractivity contribution >= 4 is 34.5 Å². The maximum Gasteiger partial charge on any atom is 0.250 e. The van der Waals surface area contributed by atoms with Gasteiger partial charge in [0.05, 0.1) is 11.1 Å². The van der Waals surface area contributed by atoms with Gasteiger partial charge in [-0.15, -0.1) is 0 Å². The van der Waals surface area contributed by atoms with Crippen LogP contribution in [0.15, 0.2) is 73.1 Å². The molecule has 4 aromatic rings. The normalized spacial score (nSPS) is 12.0. The van der Waals surface area contributed by atoms with Crippen LogP contribution in [0.4, 0.5) is 5.82 Å². The molecule has 5 rings (SSSR count). The molecular formula is C27H22N4O2. The molecule has 3 N–H and O–H groups in total. The number of aromatic nitrogens is 2. The summed E-state index contributed by atoms with van der Waals surface area (Å²) in [4.78, 5) is 33.1. The molecule has 1 heterocycles. The lowest BCUT2D eigenvalue weighted by Gasteiger charge is -2.11. The Morgan fingerprint density at radius 1 is 0.970 bits per heavy atom. The first-order valence-electron chi connectivity index (χ1n) is 10.8. The smallest absolute Gasteiger partial charge is 0.250 e. The van der Waals surface area contributed by atoms with Crippen molar-refractivity contribution in [3.63, 3.8) is 0 Å². The van der Waals surface area contributed by atoms with E-state index >= 15 is 0 Å². The zero-order valence-corrected chi connectivity index (χ0v) is 17.9. The summed E-state index contributed by atoms with van der Waals surface area (Å²) in [5.74, 6) is 0.196. The third kappa shape index (κ3) is 4.23. The predicted octanol–water partition coefficient (Wildman–Crippen LogP) is 4.34. The second kappa shape index (κ2) is 8.67. The summed E-state index contributed by atoms with van der Waals surface area (Å²) >= 11 is 0. The van der Waals surface area contributed by atoms with E-state index in [2.05, 4.69) is 27.4 Å². The Balaban J connectivity index is 1.31. The third-order valence-electron chi connectivity index (χ3n) is 5.85. The molecule has 0 fully saturated rings. The molecule has 1 aliphatic carbocycles. The third-order valence-corrected chi connectivity index (χ3v) is 5.85. The van der Waals surface area contributed by atoms with Gasteiger partial charge in [-0.05, 0) is 46.9 Å². The first-order chi connectivity index (χ1) is 16.1. The van der Waals surface area contributed by atoms with Crippen molar-refractivity contribution in [2.24, 2.45) is 5.73 Å². The first kappa shape index (κ1) is 20.6. The maximum atomic E-state index is 12.8. The Morgan fingerprint density at radius 3 is 2.70 bits per heavy atom. The molecule has 1 aliphatic rings. The molecule has 6 heteroatoms. The fraction of sp³-hybridized carbons (Fsp3) is 0.111.